The molecule has 0 spiro atoms. The van der Waals surface area contributed by atoms with Crippen LogP contribution in [0.4, 0.5) is 5.69 Å². The van der Waals surface area contributed by atoms with Crippen molar-refractivity contribution in [2.45, 2.75) is 6.92 Å². The molecule has 0 aliphatic carbocycles. The van der Waals surface area contributed by atoms with Crippen LogP contribution in [0.5, 0.6) is 0 Å². The molecule has 0 unspecified atom stereocenters. The largest absolute Gasteiger partial charge is 0.398 e. The van der Waals surface area contributed by atoms with Gasteiger partial charge in [0.1, 0.15) is 5.82 Å². The Hall–Kier alpha value is -1.88. The Morgan fingerprint density at radius 1 is 1.28 bits per heavy atom. The third-order valence-corrected chi connectivity index (χ3v) is 3.24. The standard InChI is InChI=1S/C13H11BrN4/c1-7-4-11-13(16-6-7)18-12(17-11)9-5-8(14)2-3-10(9)15/h2-6H,15H2,1H3,(H,16,17,18). The minimum atomic E-state index is 0.689. The highest BCUT2D eigenvalue weighted by molar-refractivity contribution is 9.10. The Bertz CT molecular complexity index is 733. The molecule has 0 aliphatic heterocycles. The number of imidazole rings is 1. The maximum absolute atomic E-state index is 5.97. The minimum Gasteiger partial charge on any atom is -0.398 e. The van der Waals surface area contributed by atoms with Crippen LogP contribution in [0.2, 0.25) is 0 Å². The summed E-state index contributed by atoms with van der Waals surface area (Å²) in [6.07, 6.45) is 1.80. The summed E-state index contributed by atoms with van der Waals surface area (Å²) < 4.78 is 0.969. The van der Waals surface area contributed by atoms with Crippen molar-refractivity contribution >= 4 is 32.8 Å². The van der Waals surface area contributed by atoms with Crippen molar-refractivity contribution in [1.82, 2.24) is 15.0 Å². The van der Waals surface area contributed by atoms with Gasteiger partial charge in [-0.2, -0.15) is 0 Å². The topological polar surface area (TPSA) is 67.6 Å². The molecule has 1 aromatic carbocycles. The van der Waals surface area contributed by atoms with Crippen LogP contribution < -0.4 is 5.73 Å². The van der Waals surface area contributed by atoms with Gasteiger partial charge in [0.2, 0.25) is 0 Å². The molecule has 0 amide bonds. The Morgan fingerprint density at radius 3 is 2.94 bits per heavy atom. The zero-order chi connectivity index (χ0) is 12.7. The van der Waals surface area contributed by atoms with Crippen LogP contribution >= 0.6 is 15.9 Å². The van der Waals surface area contributed by atoms with E-state index >= 15 is 0 Å². The molecule has 0 saturated heterocycles. The van der Waals surface area contributed by atoms with Crippen molar-refractivity contribution in [1.29, 1.82) is 0 Å². The molecule has 90 valence electrons. The maximum Gasteiger partial charge on any atom is 0.178 e. The lowest BCUT2D eigenvalue weighted by Gasteiger charge is -2.02. The molecule has 0 saturated carbocycles. The number of fused-ring (bicyclic) bond motifs is 1. The molecule has 0 fully saturated rings. The van der Waals surface area contributed by atoms with E-state index in [1.54, 1.807) is 6.20 Å². The number of anilines is 1. The van der Waals surface area contributed by atoms with Gasteiger partial charge in [0, 0.05) is 21.9 Å². The Labute approximate surface area is 112 Å². The van der Waals surface area contributed by atoms with E-state index in [9.17, 15) is 0 Å². The van der Waals surface area contributed by atoms with Crippen LogP contribution in [0.25, 0.3) is 22.6 Å². The summed E-state index contributed by atoms with van der Waals surface area (Å²) in [4.78, 5) is 12.0. The van der Waals surface area contributed by atoms with Crippen molar-refractivity contribution in [2.24, 2.45) is 0 Å². The normalized spacial score (nSPS) is 11.0. The minimum absolute atomic E-state index is 0.689. The predicted octanol–water partition coefficient (Wildman–Crippen LogP) is 3.28. The number of rotatable bonds is 1. The fourth-order valence-corrected chi connectivity index (χ4v) is 2.23. The van der Waals surface area contributed by atoms with Gasteiger partial charge in [-0.25, -0.2) is 9.97 Å². The predicted molar refractivity (Wildman–Crippen MR) is 76.2 cm³/mol. The number of halogens is 1. The van der Waals surface area contributed by atoms with Crippen molar-refractivity contribution < 1.29 is 0 Å². The highest BCUT2D eigenvalue weighted by Gasteiger charge is 2.09. The van der Waals surface area contributed by atoms with Gasteiger partial charge in [0.25, 0.3) is 0 Å². The van der Waals surface area contributed by atoms with Crippen molar-refractivity contribution in [2.75, 3.05) is 5.73 Å². The summed E-state index contributed by atoms with van der Waals surface area (Å²) in [5.41, 5.74) is 10.3. The van der Waals surface area contributed by atoms with E-state index in [0.717, 1.165) is 26.9 Å². The summed E-state index contributed by atoms with van der Waals surface area (Å²) >= 11 is 3.44. The van der Waals surface area contributed by atoms with Gasteiger partial charge in [-0.3, -0.25) is 0 Å². The fraction of sp³-hybridized carbons (Fsp3) is 0.0769. The Kier molecular flexibility index (Phi) is 2.56. The second-order valence-electron chi connectivity index (χ2n) is 4.20. The number of nitrogens with zero attached hydrogens (tertiary/aromatic N) is 2. The number of H-pyrrole nitrogens is 1. The van der Waals surface area contributed by atoms with E-state index in [2.05, 4.69) is 30.9 Å². The zero-order valence-electron chi connectivity index (χ0n) is 9.74. The lowest BCUT2D eigenvalue weighted by atomic mass is 10.2. The lowest BCUT2D eigenvalue weighted by molar-refractivity contribution is 1.28. The zero-order valence-corrected chi connectivity index (χ0v) is 11.3. The smallest absolute Gasteiger partial charge is 0.178 e. The van der Waals surface area contributed by atoms with Gasteiger partial charge >= 0.3 is 0 Å². The van der Waals surface area contributed by atoms with E-state index in [1.165, 1.54) is 0 Å². The number of benzene rings is 1. The van der Waals surface area contributed by atoms with Crippen LogP contribution in [-0.4, -0.2) is 15.0 Å². The number of nitrogens with one attached hydrogen (secondary N) is 1. The SMILES string of the molecule is Cc1cnc2nc(-c3cc(Br)ccc3N)[nH]c2c1. The number of pyridine rings is 1. The maximum atomic E-state index is 5.97. The molecule has 0 aliphatic rings. The van der Waals surface area contributed by atoms with Gasteiger partial charge in [-0.05, 0) is 36.8 Å². The Balaban J connectivity index is 2.22. The number of hydrogen-bond acceptors (Lipinski definition) is 3. The van der Waals surface area contributed by atoms with Crippen LogP contribution in [0, 0.1) is 6.92 Å². The van der Waals surface area contributed by atoms with Crippen molar-refractivity contribution in [3.05, 3.63) is 40.5 Å². The molecule has 2 aromatic heterocycles. The molecule has 5 heteroatoms. The van der Waals surface area contributed by atoms with Gasteiger partial charge in [-0.1, -0.05) is 15.9 Å². The van der Waals surface area contributed by atoms with Gasteiger partial charge < -0.3 is 10.7 Å². The first-order chi connectivity index (χ1) is 8.63. The molecule has 4 nitrogen and oxygen atoms in total. The molecular weight excluding hydrogens is 292 g/mol. The highest BCUT2D eigenvalue weighted by atomic mass is 79.9. The molecule has 0 radical (unpaired) electrons. The third-order valence-electron chi connectivity index (χ3n) is 2.74. The second kappa shape index (κ2) is 4.10. The summed E-state index contributed by atoms with van der Waals surface area (Å²) in [6.45, 7) is 2.00. The third kappa shape index (κ3) is 1.86. The molecule has 18 heavy (non-hydrogen) atoms. The van der Waals surface area contributed by atoms with E-state index in [-0.39, 0.29) is 0 Å². The second-order valence-corrected chi connectivity index (χ2v) is 5.12. The summed E-state index contributed by atoms with van der Waals surface area (Å²) in [6, 6.07) is 7.72. The monoisotopic (exact) mass is 302 g/mol. The van der Waals surface area contributed by atoms with Crippen LogP contribution in [-0.2, 0) is 0 Å². The molecule has 0 bridgehead atoms. The first kappa shape index (κ1) is 11.2. The van der Waals surface area contributed by atoms with Gasteiger partial charge in [0.05, 0.1) is 5.52 Å². The van der Waals surface area contributed by atoms with Crippen LogP contribution in [0.1, 0.15) is 5.56 Å². The van der Waals surface area contributed by atoms with Crippen molar-refractivity contribution in [3.63, 3.8) is 0 Å². The Morgan fingerprint density at radius 2 is 2.11 bits per heavy atom. The number of nitrogens with two attached hydrogens (primary N) is 1. The summed E-state index contributed by atoms with van der Waals surface area (Å²) in [5, 5.41) is 0. The number of aromatic amines is 1. The average molecular weight is 303 g/mol. The van der Waals surface area contributed by atoms with E-state index in [0.29, 0.717) is 11.3 Å². The first-order valence-electron chi connectivity index (χ1n) is 5.51. The van der Waals surface area contributed by atoms with E-state index < -0.39 is 0 Å². The molecule has 3 aromatic rings. The molecule has 2 heterocycles. The van der Waals surface area contributed by atoms with Gasteiger partial charge in [0.15, 0.2) is 5.65 Å². The molecular formula is C13H11BrN4. The number of nitrogen functional groups attached to an aromatic ring is 1. The highest BCUT2D eigenvalue weighted by Crippen LogP contribution is 2.28. The number of aromatic nitrogens is 3. The lowest BCUT2D eigenvalue weighted by Crippen LogP contribution is -1.91. The van der Waals surface area contributed by atoms with Crippen molar-refractivity contribution in [3.8, 4) is 11.4 Å². The van der Waals surface area contributed by atoms with Crippen LogP contribution in [0.15, 0.2) is 34.9 Å². The first-order valence-corrected chi connectivity index (χ1v) is 6.30. The molecule has 0 atom stereocenters. The van der Waals surface area contributed by atoms with Gasteiger partial charge in [-0.15, -0.1) is 0 Å². The number of aryl methyl sites for hydroxylation is 1. The number of hydrogen-bond donors (Lipinski definition) is 2. The summed E-state index contributed by atoms with van der Waals surface area (Å²) in [5.74, 6) is 0.738. The van der Waals surface area contributed by atoms with E-state index in [1.807, 2.05) is 31.2 Å². The average Bonchev–Trinajstić information content (AvgIpc) is 2.74. The van der Waals surface area contributed by atoms with E-state index in [4.69, 9.17) is 5.73 Å². The quantitative estimate of drug-likeness (QED) is 0.678. The fourth-order valence-electron chi connectivity index (χ4n) is 1.87. The molecule has 3 N–H and O–H groups in total. The van der Waals surface area contributed by atoms with Crippen LogP contribution in [0.3, 0.4) is 0 Å². The summed E-state index contributed by atoms with van der Waals surface area (Å²) in [7, 11) is 0. The molecule has 3 rings (SSSR count).